The minimum Gasteiger partial charge on any atom is -0.371 e. The maximum Gasteiger partial charge on any atom is 0.271 e. The topological polar surface area (TPSA) is 70.2 Å². The van der Waals surface area contributed by atoms with E-state index in [1.165, 1.54) is 11.3 Å². The molecular weight excluding hydrogens is 338 g/mol. The molecule has 1 fully saturated rings. The van der Waals surface area contributed by atoms with Crippen LogP contribution in [-0.4, -0.2) is 42.8 Å². The Morgan fingerprint density at radius 1 is 1.32 bits per heavy atom. The minimum absolute atomic E-state index is 0.234. The third-order valence-corrected chi connectivity index (χ3v) is 4.73. The summed E-state index contributed by atoms with van der Waals surface area (Å²) in [7, 11) is 1.57. The first-order valence-electron chi connectivity index (χ1n) is 8.37. The van der Waals surface area contributed by atoms with Gasteiger partial charge in [0.1, 0.15) is 5.82 Å². The third kappa shape index (κ3) is 4.20. The molecule has 0 radical (unpaired) electrons. The lowest BCUT2D eigenvalue weighted by Gasteiger charge is -2.21. The van der Waals surface area contributed by atoms with Gasteiger partial charge < -0.3 is 15.5 Å². The summed E-state index contributed by atoms with van der Waals surface area (Å²) in [5.74, 6) is 0.978. The fourth-order valence-corrected chi connectivity index (χ4v) is 3.23. The van der Waals surface area contributed by atoms with Gasteiger partial charge in [0, 0.05) is 37.4 Å². The average Bonchev–Trinajstić information content (AvgIpc) is 3.10. The Morgan fingerprint density at radius 3 is 2.88 bits per heavy atom. The zero-order valence-corrected chi connectivity index (χ0v) is 15.2. The van der Waals surface area contributed by atoms with Gasteiger partial charge in [-0.15, -0.1) is 10.2 Å². The highest BCUT2D eigenvalue weighted by molar-refractivity contribution is 6.30. The first-order chi connectivity index (χ1) is 12.1. The van der Waals surface area contributed by atoms with Gasteiger partial charge in [-0.25, -0.2) is 0 Å². The first-order valence-corrected chi connectivity index (χ1v) is 8.75. The highest BCUT2D eigenvalue weighted by Crippen LogP contribution is 2.29. The standard InChI is InChI=1S/C18H22ClN5O/c1-12-3-4-14(19)9-16(12)24-8-7-13(11-24)10-21-17-6-5-15(22-23-17)18(25)20-2/h3-6,9,13H,7-8,10-11H2,1-2H3,(H,20,25)(H,21,23). The second-order valence-electron chi connectivity index (χ2n) is 6.30. The van der Waals surface area contributed by atoms with Crippen molar-refractivity contribution in [2.24, 2.45) is 5.92 Å². The number of amides is 1. The third-order valence-electron chi connectivity index (χ3n) is 4.49. The first kappa shape index (κ1) is 17.5. The van der Waals surface area contributed by atoms with E-state index in [-0.39, 0.29) is 5.91 Å². The average molecular weight is 360 g/mol. The molecule has 0 saturated carbocycles. The van der Waals surface area contributed by atoms with E-state index in [1.807, 2.05) is 12.1 Å². The quantitative estimate of drug-likeness (QED) is 0.859. The van der Waals surface area contributed by atoms with Gasteiger partial charge in [0.2, 0.25) is 0 Å². The number of anilines is 2. The molecule has 2 heterocycles. The van der Waals surface area contributed by atoms with E-state index >= 15 is 0 Å². The summed E-state index contributed by atoms with van der Waals surface area (Å²) < 4.78 is 0. The SMILES string of the molecule is CNC(=O)c1ccc(NCC2CCN(c3cc(Cl)ccc3C)C2)nn1. The molecule has 2 N–H and O–H groups in total. The molecule has 1 atom stereocenters. The normalized spacial score (nSPS) is 16.8. The molecule has 1 aromatic heterocycles. The minimum atomic E-state index is -0.234. The molecule has 1 unspecified atom stereocenters. The summed E-state index contributed by atoms with van der Waals surface area (Å²) in [6.45, 7) is 4.94. The van der Waals surface area contributed by atoms with E-state index < -0.39 is 0 Å². The molecule has 1 saturated heterocycles. The van der Waals surface area contributed by atoms with E-state index in [4.69, 9.17) is 11.6 Å². The summed E-state index contributed by atoms with van der Waals surface area (Å²) in [5, 5.41) is 14.6. The van der Waals surface area contributed by atoms with Crippen molar-refractivity contribution < 1.29 is 4.79 Å². The van der Waals surface area contributed by atoms with Crippen LogP contribution in [0.25, 0.3) is 0 Å². The van der Waals surface area contributed by atoms with Gasteiger partial charge in [0.05, 0.1) is 0 Å². The number of aromatic nitrogens is 2. The lowest BCUT2D eigenvalue weighted by atomic mass is 10.1. The van der Waals surface area contributed by atoms with E-state index in [0.717, 1.165) is 31.1 Å². The van der Waals surface area contributed by atoms with Crippen molar-refractivity contribution in [1.29, 1.82) is 0 Å². The van der Waals surface area contributed by atoms with Crippen molar-refractivity contribution in [2.75, 3.05) is 36.9 Å². The Bertz CT molecular complexity index is 750. The summed E-state index contributed by atoms with van der Waals surface area (Å²) in [5.41, 5.74) is 2.77. The van der Waals surface area contributed by atoms with Crippen LogP contribution in [0.5, 0.6) is 0 Å². The van der Waals surface area contributed by atoms with Crippen molar-refractivity contribution >= 4 is 29.0 Å². The van der Waals surface area contributed by atoms with Crippen molar-refractivity contribution in [2.45, 2.75) is 13.3 Å². The zero-order chi connectivity index (χ0) is 17.8. The van der Waals surface area contributed by atoms with Gasteiger partial charge >= 0.3 is 0 Å². The molecular formula is C18H22ClN5O. The zero-order valence-electron chi connectivity index (χ0n) is 14.4. The molecule has 1 aliphatic rings. The number of benzene rings is 1. The van der Waals surface area contributed by atoms with Crippen LogP contribution in [0.3, 0.4) is 0 Å². The Balaban J connectivity index is 1.55. The van der Waals surface area contributed by atoms with Crippen LogP contribution in [-0.2, 0) is 0 Å². The number of hydrogen-bond acceptors (Lipinski definition) is 5. The van der Waals surface area contributed by atoms with Crippen LogP contribution >= 0.6 is 11.6 Å². The summed E-state index contributed by atoms with van der Waals surface area (Å²) in [6.07, 6.45) is 1.11. The molecule has 7 heteroatoms. The van der Waals surface area contributed by atoms with Gasteiger partial charge in [0.25, 0.3) is 5.91 Å². The maximum absolute atomic E-state index is 11.5. The number of carbonyl (C=O) groups excluding carboxylic acids is 1. The molecule has 0 bridgehead atoms. The number of nitrogens with one attached hydrogen (secondary N) is 2. The van der Waals surface area contributed by atoms with Crippen LogP contribution in [0.4, 0.5) is 11.5 Å². The lowest BCUT2D eigenvalue weighted by Crippen LogP contribution is -2.23. The number of rotatable bonds is 5. The number of aryl methyl sites for hydroxylation is 1. The van der Waals surface area contributed by atoms with Crippen LogP contribution in [0.2, 0.25) is 5.02 Å². The maximum atomic E-state index is 11.5. The molecule has 1 amide bonds. The number of halogens is 1. The monoisotopic (exact) mass is 359 g/mol. The predicted octanol–water partition coefficient (Wildman–Crippen LogP) is 2.74. The number of nitrogens with zero attached hydrogens (tertiary/aromatic N) is 3. The second kappa shape index (κ2) is 7.70. The smallest absolute Gasteiger partial charge is 0.271 e. The summed E-state index contributed by atoms with van der Waals surface area (Å²) in [4.78, 5) is 13.8. The molecule has 25 heavy (non-hydrogen) atoms. The molecule has 6 nitrogen and oxygen atoms in total. The molecule has 2 aromatic rings. The number of carbonyl (C=O) groups is 1. The van der Waals surface area contributed by atoms with Gasteiger partial charge in [-0.05, 0) is 49.1 Å². The van der Waals surface area contributed by atoms with E-state index in [0.29, 0.717) is 17.4 Å². The van der Waals surface area contributed by atoms with Crippen molar-refractivity contribution in [3.8, 4) is 0 Å². The highest BCUT2D eigenvalue weighted by atomic mass is 35.5. The van der Waals surface area contributed by atoms with E-state index in [2.05, 4.69) is 38.7 Å². The largest absolute Gasteiger partial charge is 0.371 e. The summed E-state index contributed by atoms with van der Waals surface area (Å²) in [6, 6.07) is 9.48. The van der Waals surface area contributed by atoms with E-state index in [1.54, 1.807) is 19.2 Å². The van der Waals surface area contributed by atoms with Gasteiger partial charge in [-0.1, -0.05) is 17.7 Å². The highest BCUT2D eigenvalue weighted by Gasteiger charge is 2.23. The fraction of sp³-hybridized carbons (Fsp3) is 0.389. The lowest BCUT2D eigenvalue weighted by molar-refractivity contribution is 0.0957. The Labute approximate surface area is 152 Å². The van der Waals surface area contributed by atoms with Gasteiger partial charge in [-0.3, -0.25) is 4.79 Å². The van der Waals surface area contributed by atoms with Crippen LogP contribution in [0.15, 0.2) is 30.3 Å². The molecule has 1 aliphatic heterocycles. The molecule has 3 rings (SSSR count). The summed E-state index contributed by atoms with van der Waals surface area (Å²) >= 11 is 6.14. The van der Waals surface area contributed by atoms with Gasteiger partial charge in [-0.2, -0.15) is 0 Å². The molecule has 132 valence electrons. The van der Waals surface area contributed by atoms with Crippen LogP contribution < -0.4 is 15.5 Å². The van der Waals surface area contributed by atoms with Gasteiger partial charge in [0.15, 0.2) is 5.69 Å². The fourth-order valence-electron chi connectivity index (χ4n) is 3.07. The molecule has 0 spiro atoms. The second-order valence-corrected chi connectivity index (χ2v) is 6.73. The van der Waals surface area contributed by atoms with Crippen molar-refractivity contribution in [3.63, 3.8) is 0 Å². The Morgan fingerprint density at radius 2 is 2.16 bits per heavy atom. The molecule has 0 aliphatic carbocycles. The van der Waals surface area contributed by atoms with E-state index in [9.17, 15) is 4.79 Å². The van der Waals surface area contributed by atoms with Crippen LogP contribution in [0.1, 0.15) is 22.5 Å². The Hall–Kier alpha value is -2.34. The van der Waals surface area contributed by atoms with Crippen LogP contribution in [0, 0.1) is 12.8 Å². The molecule has 1 aromatic carbocycles. The predicted molar refractivity (Wildman–Crippen MR) is 100 cm³/mol. The van der Waals surface area contributed by atoms with Crippen molar-refractivity contribution in [1.82, 2.24) is 15.5 Å². The van der Waals surface area contributed by atoms with Crippen molar-refractivity contribution in [3.05, 3.63) is 46.6 Å². The number of hydrogen-bond donors (Lipinski definition) is 2. The Kier molecular flexibility index (Phi) is 5.38.